The van der Waals surface area contributed by atoms with Gasteiger partial charge in [0.1, 0.15) is 18.0 Å². The Morgan fingerprint density at radius 1 is 1.23 bits per heavy atom. The number of ether oxygens (including phenoxy) is 1. The van der Waals surface area contributed by atoms with E-state index in [4.69, 9.17) is 9.72 Å². The zero-order valence-corrected chi connectivity index (χ0v) is 20.6. The van der Waals surface area contributed by atoms with Crippen molar-refractivity contribution in [3.8, 4) is 11.4 Å². The van der Waals surface area contributed by atoms with Gasteiger partial charge in [-0.25, -0.2) is 29.7 Å². The molecule has 0 amide bonds. The molecule has 1 N–H and O–H groups in total. The van der Waals surface area contributed by atoms with Gasteiger partial charge in [-0.15, -0.1) is 0 Å². The number of aryl methyl sites for hydroxylation is 2. The Hall–Kier alpha value is -3.89. The third kappa shape index (κ3) is 4.00. The van der Waals surface area contributed by atoms with Crippen LogP contribution in [0, 0.1) is 6.92 Å². The van der Waals surface area contributed by atoms with Crippen LogP contribution in [0.2, 0.25) is 0 Å². The van der Waals surface area contributed by atoms with Crippen molar-refractivity contribution in [2.45, 2.75) is 65.5 Å². The highest BCUT2D eigenvalue weighted by Crippen LogP contribution is 2.32. The van der Waals surface area contributed by atoms with E-state index >= 15 is 0 Å². The normalized spacial score (nSPS) is 15.4. The molecule has 1 aliphatic rings. The molecule has 1 aliphatic carbocycles. The number of hydrogen-bond acceptors (Lipinski definition) is 9. The Balaban J connectivity index is 1.49. The number of aromatic nitrogens is 8. The number of nitrogens with zero attached hydrogens (tertiary/aromatic N) is 8. The van der Waals surface area contributed by atoms with E-state index in [1.54, 1.807) is 18.7 Å². The first-order valence-corrected chi connectivity index (χ1v) is 11.9. The first-order valence-electron chi connectivity index (χ1n) is 11.9. The standard InChI is InChI=1S/C24H29N9O2/c1-6-32-22(15-10-25-14(4)26-11-15)30-20-21(27-12-28-23(20)32)29-16-7-8-18-17(9-16)19(13(2)3)31-33(18)24(34)35-5/h10-13,16H,6-9H2,1-5H3,(H,27,28,29)/t16-/m1/s1. The fourth-order valence-corrected chi connectivity index (χ4v) is 4.73. The summed E-state index contributed by atoms with van der Waals surface area (Å²) in [5.41, 5.74) is 5.28. The quantitative estimate of drug-likeness (QED) is 0.461. The number of anilines is 1. The molecule has 4 heterocycles. The number of rotatable bonds is 5. The Morgan fingerprint density at radius 2 is 2.00 bits per heavy atom. The van der Waals surface area contributed by atoms with Crippen molar-refractivity contribution >= 4 is 23.1 Å². The summed E-state index contributed by atoms with van der Waals surface area (Å²) in [5.74, 6) is 2.36. The molecule has 0 radical (unpaired) electrons. The molecule has 0 saturated carbocycles. The van der Waals surface area contributed by atoms with Crippen LogP contribution >= 0.6 is 0 Å². The Kier molecular flexibility index (Phi) is 5.91. The van der Waals surface area contributed by atoms with E-state index in [-0.39, 0.29) is 12.0 Å². The highest BCUT2D eigenvalue weighted by atomic mass is 16.5. The fourth-order valence-electron chi connectivity index (χ4n) is 4.73. The lowest BCUT2D eigenvalue weighted by molar-refractivity contribution is 0.168. The Morgan fingerprint density at radius 3 is 2.69 bits per heavy atom. The third-order valence-electron chi connectivity index (χ3n) is 6.42. The minimum atomic E-state index is -0.449. The monoisotopic (exact) mass is 475 g/mol. The van der Waals surface area contributed by atoms with E-state index in [1.807, 2.05) is 11.5 Å². The molecule has 0 aliphatic heterocycles. The van der Waals surface area contributed by atoms with Gasteiger partial charge in [0, 0.05) is 25.0 Å². The van der Waals surface area contributed by atoms with Crippen LogP contribution in [0.15, 0.2) is 18.7 Å². The second-order valence-electron chi connectivity index (χ2n) is 9.02. The average molecular weight is 476 g/mol. The maximum Gasteiger partial charge on any atom is 0.434 e. The summed E-state index contributed by atoms with van der Waals surface area (Å²) in [7, 11) is 1.38. The average Bonchev–Trinajstić information content (AvgIpc) is 3.43. The van der Waals surface area contributed by atoms with Gasteiger partial charge in [-0.3, -0.25) is 0 Å². The first-order chi connectivity index (χ1) is 16.9. The zero-order chi connectivity index (χ0) is 24.7. The predicted molar refractivity (Wildman–Crippen MR) is 130 cm³/mol. The molecule has 0 saturated heterocycles. The van der Waals surface area contributed by atoms with Crippen LogP contribution in [0.25, 0.3) is 22.6 Å². The van der Waals surface area contributed by atoms with Crippen LogP contribution in [0.3, 0.4) is 0 Å². The number of carbonyl (C=O) groups excluding carboxylic acids is 1. The maximum absolute atomic E-state index is 12.3. The van der Waals surface area contributed by atoms with Crippen LogP contribution in [0.1, 0.15) is 55.9 Å². The number of nitrogens with one attached hydrogen (secondary N) is 1. The molecule has 4 aromatic heterocycles. The van der Waals surface area contributed by atoms with Gasteiger partial charge in [-0.05, 0) is 44.6 Å². The molecule has 4 aromatic rings. The van der Waals surface area contributed by atoms with Gasteiger partial charge in [0.25, 0.3) is 0 Å². The van der Waals surface area contributed by atoms with Crippen LogP contribution in [-0.2, 0) is 24.1 Å². The van der Waals surface area contributed by atoms with Gasteiger partial charge < -0.3 is 14.6 Å². The van der Waals surface area contributed by atoms with Crippen molar-refractivity contribution in [3.63, 3.8) is 0 Å². The van der Waals surface area contributed by atoms with E-state index in [9.17, 15) is 4.79 Å². The molecule has 0 bridgehead atoms. The number of imidazole rings is 1. The Labute approximate surface area is 203 Å². The van der Waals surface area contributed by atoms with E-state index in [2.05, 4.69) is 51.1 Å². The van der Waals surface area contributed by atoms with Gasteiger partial charge in [-0.2, -0.15) is 9.78 Å². The summed E-state index contributed by atoms with van der Waals surface area (Å²) in [6, 6.07) is 0.117. The Bertz CT molecular complexity index is 1390. The number of hydrogen-bond donors (Lipinski definition) is 1. The summed E-state index contributed by atoms with van der Waals surface area (Å²) >= 11 is 0. The van der Waals surface area contributed by atoms with Crippen molar-refractivity contribution in [3.05, 3.63) is 41.5 Å². The second kappa shape index (κ2) is 9.05. The molecule has 5 rings (SSSR count). The number of carbonyl (C=O) groups is 1. The third-order valence-corrected chi connectivity index (χ3v) is 6.42. The predicted octanol–water partition coefficient (Wildman–Crippen LogP) is 3.52. The number of fused-ring (bicyclic) bond motifs is 2. The summed E-state index contributed by atoms with van der Waals surface area (Å²) in [5, 5.41) is 8.18. The van der Waals surface area contributed by atoms with Gasteiger partial charge in [0.05, 0.1) is 24.1 Å². The van der Waals surface area contributed by atoms with Crippen molar-refractivity contribution in [1.29, 1.82) is 0 Å². The molecule has 11 nitrogen and oxygen atoms in total. The molecular weight excluding hydrogens is 446 g/mol. The van der Waals surface area contributed by atoms with Gasteiger partial charge in [-0.1, -0.05) is 13.8 Å². The molecule has 35 heavy (non-hydrogen) atoms. The topological polar surface area (TPSA) is 126 Å². The van der Waals surface area contributed by atoms with E-state index in [0.717, 1.165) is 46.8 Å². The van der Waals surface area contributed by atoms with E-state index in [0.29, 0.717) is 30.1 Å². The van der Waals surface area contributed by atoms with Crippen molar-refractivity contribution in [2.75, 3.05) is 12.4 Å². The van der Waals surface area contributed by atoms with Crippen LogP contribution in [0.5, 0.6) is 0 Å². The van der Waals surface area contributed by atoms with Gasteiger partial charge in [0.2, 0.25) is 0 Å². The van der Waals surface area contributed by atoms with Crippen LogP contribution in [0.4, 0.5) is 10.6 Å². The molecule has 0 spiro atoms. The summed E-state index contributed by atoms with van der Waals surface area (Å²) in [4.78, 5) is 34.9. The zero-order valence-electron chi connectivity index (χ0n) is 20.6. The molecular formula is C24H29N9O2. The molecule has 11 heteroatoms. The molecule has 0 unspecified atom stereocenters. The van der Waals surface area contributed by atoms with Crippen molar-refractivity contribution < 1.29 is 9.53 Å². The van der Waals surface area contributed by atoms with Crippen molar-refractivity contribution in [2.24, 2.45) is 0 Å². The molecule has 1 atom stereocenters. The van der Waals surface area contributed by atoms with E-state index in [1.165, 1.54) is 11.8 Å². The van der Waals surface area contributed by atoms with Crippen LogP contribution < -0.4 is 5.32 Å². The largest absolute Gasteiger partial charge is 0.451 e. The number of methoxy groups -OCH3 is 1. The maximum atomic E-state index is 12.3. The first kappa shape index (κ1) is 22.9. The molecule has 0 aromatic carbocycles. The van der Waals surface area contributed by atoms with Crippen molar-refractivity contribution in [1.82, 2.24) is 39.3 Å². The highest BCUT2D eigenvalue weighted by Gasteiger charge is 2.30. The SMILES string of the molecule is CCn1c(-c2cnc(C)nc2)nc2c(N[C@@H]3CCc4c(c(C(C)C)nn4C(=O)OC)C3)ncnc21. The molecule has 0 fully saturated rings. The lowest BCUT2D eigenvalue weighted by atomic mass is 9.89. The lowest BCUT2D eigenvalue weighted by Crippen LogP contribution is -2.29. The minimum absolute atomic E-state index is 0.117. The summed E-state index contributed by atoms with van der Waals surface area (Å²) < 4.78 is 8.41. The smallest absolute Gasteiger partial charge is 0.434 e. The van der Waals surface area contributed by atoms with Gasteiger partial charge in [0.15, 0.2) is 17.0 Å². The minimum Gasteiger partial charge on any atom is -0.451 e. The highest BCUT2D eigenvalue weighted by molar-refractivity contribution is 5.86. The van der Waals surface area contributed by atoms with E-state index < -0.39 is 6.09 Å². The molecule has 182 valence electrons. The summed E-state index contributed by atoms with van der Waals surface area (Å²) in [6.45, 7) is 8.79. The summed E-state index contributed by atoms with van der Waals surface area (Å²) in [6.07, 6.45) is 6.96. The van der Waals surface area contributed by atoms with Crippen LogP contribution in [-0.4, -0.2) is 58.5 Å². The van der Waals surface area contributed by atoms with Gasteiger partial charge >= 0.3 is 6.09 Å². The second-order valence-corrected chi connectivity index (χ2v) is 9.02. The fraction of sp³-hybridized carbons (Fsp3) is 0.458. The lowest BCUT2D eigenvalue weighted by Gasteiger charge is -2.25.